The van der Waals surface area contributed by atoms with Gasteiger partial charge in [0.25, 0.3) is 5.91 Å². The number of thiophene rings is 1. The number of benzene rings is 1. The predicted octanol–water partition coefficient (Wildman–Crippen LogP) is 3.27. The van der Waals surface area contributed by atoms with Crippen LogP contribution in [0.3, 0.4) is 0 Å². The first-order valence-corrected chi connectivity index (χ1v) is 9.54. The fourth-order valence-electron chi connectivity index (χ4n) is 3.38. The maximum atomic E-state index is 12.7. The van der Waals surface area contributed by atoms with Crippen molar-refractivity contribution in [2.24, 2.45) is 0 Å². The highest BCUT2D eigenvalue weighted by molar-refractivity contribution is 7.20. The second-order valence-corrected chi connectivity index (χ2v) is 7.66. The maximum absolute atomic E-state index is 12.7. The molecule has 4 rings (SSSR count). The molecule has 1 aromatic carbocycles. The first kappa shape index (κ1) is 16.3. The van der Waals surface area contributed by atoms with Gasteiger partial charge in [-0.15, -0.1) is 11.3 Å². The van der Waals surface area contributed by atoms with Gasteiger partial charge in [-0.1, -0.05) is 18.2 Å². The van der Waals surface area contributed by atoms with Crippen molar-refractivity contribution < 1.29 is 4.79 Å². The molecule has 1 aliphatic rings. The third-order valence-corrected chi connectivity index (χ3v) is 5.96. The Labute approximate surface area is 151 Å². The molecule has 2 atom stereocenters. The third-order valence-electron chi connectivity index (χ3n) is 4.85. The molecule has 1 aliphatic heterocycles. The Bertz CT molecular complexity index is 899. The standard InChI is InChI=1S/C19H22N4OS/c1-12-15-11-17(18(24)21-16-9-6-10-20-13(16)2)25-19(15)23(22-12)14-7-4-3-5-8-14/h3-5,7-8,11,13,16,20H,6,9-10H2,1-2H3,(H,21,24). The molecule has 5 nitrogen and oxygen atoms in total. The predicted molar refractivity (Wildman–Crippen MR) is 102 cm³/mol. The molecule has 0 saturated carbocycles. The lowest BCUT2D eigenvalue weighted by molar-refractivity contribution is 0.0924. The van der Waals surface area contributed by atoms with Crippen LogP contribution in [0.15, 0.2) is 36.4 Å². The number of aryl methyl sites for hydroxylation is 1. The Morgan fingerprint density at radius 2 is 2.16 bits per heavy atom. The number of fused-ring (bicyclic) bond motifs is 1. The molecule has 2 N–H and O–H groups in total. The first-order valence-electron chi connectivity index (χ1n) is 8.72. The van der Waals surface area contributed by atoms with E-state index in [1.807, 2.05) is 48.0 Å². The monoisotopic (exact) mass is 354 g/mol. The van der Waals surface area contributed by atoms with Crippen molar-refractivity contribution in [2.45, 2.75) is 38.8 Å². The second-order valence-electron chi connectivity index (χ2n) is 6.63. The quantitative estimate of drug-likeness (QED) is 0.759. The molecule has 25 heavy (non-hydrogen) atoms. The highest BCUT2D eigenvalue weighted by Gasteiger charge is 2.24. The average molecular weight is 354 g/mol. The number of carbonyl (C=O) groups is 1. The largest absolute Gasteiger partial charge is 0.347 e. The van der Waals surface area contributed by atoms with E-state index in [0.717, 1.165) is 45.9 Å². The van der Waals surface area contributed by atoms with E-state index in [4.69, 9.17) is 0 Å². The molecule has 1 fully saturated rings. The maximum Gasteiger partial charge on any atom is 0.261 e. The van der Waals surface area contributed by atoms with Gasteiger partial charge < -0.3 is 10.6 Å². The molecule has 1 saturated heterocycles. The second kappa shape index (κ2) is 6.61. The van der Waals surface area contributed by atoms with Crippen molar-refractivity contribution >= 4 is 27.5 Å². The van der Waals surface area contributed by atoms with Crippen LogP contribution in [-0.2, 0) is 0 Å². The number of para-hydroxylation sites is 1. The molecule has 0 bridgehead atoms. The molecular formula is C19H22N4OS. The summed E-state index contributed by atoms with van der Waals surface area (Å²) in [6.45, 7) is 5.15. The van der Waals surface area contributed by atoms with Crippen LogP contribution in [0.5, 0.6) is 0 Å². The van der Waals surface area contributed by atoms with Gasteiger partial charge in [0.05, 0.1) is 16.3 Å². The number of carbonyl (C=O) groups excluding carboxylic acids is 1. The van der Waals surface area contributed by atoms with Crippen LogP contribution in [0.25, 0.3) is 15.9 Å². The van der Waals surface area contributed by atoms with Gasteiger partial charge in [-0.2, -0.15) is 5.10 Å². The smallest absolute Gasteiger partial charge is 0.261 e. The van der Waals surface area contributed by atoms with Crippen LogP contribution in [0, 0.1) is 6.92 Å². The first-order chi connectivity index (χ1) is 12.1. The number of nitrogens with zero attached hydrogens (tertiary/aromatic N) is 2. The van der Waals surface area contributed by atoms with Crippen LogP contribution in [0.1, 0.15) is 35.1 Å². The number of hydrogen-bond donors (Lipinski definition) is 2. The highest BCUT2D eigenvalue weighted by Crippen LogP contribution is 2.30. The van der Waals surface area contributed by atoms with Crippen molar-refractivity contribution in [2.75, 3.05) is 6.54 Å². The van der Waals surface area contributed by atoms with Gasteiger partial charge in [-0.25, -0.2) is 4.68 Å². The van der Waals surface area contributed by atoms with Crippen molar-refractivity contribution in [3.05, 3.63) is 47.0 Å². The molecule has 0 radical (unpaired) electrons. The van der Waals surface area contributed by atoms with Gasteiger partial charge in [-0.3, -0.25) is 4.79 Å². The minimum absolute atomic E-state index is 0.0146. The summed E-state index contributed by atoms with van der Waals surface area (Å²) >= 11 is 1.51. The molecule has 1 amide bonds. The summed E-state index contributed by atoms with van der Waals surface area (Å²) < 4.78 is 1.93. The number of aromatic nitrogens is 2. The van der Waals surface area contributed by atoms with E-state index >= 15 is 0 Å². The van der Waals surface area contributed by atoms with E-state index < -0.39 is 0 Å². The molecule has 0 spiro atoms. The summed E-state index contributed by atoms with van der Waals surface area (Å²) in [6.07, 6.45) is 2.13. The zero-order chi connectivity index (χ0) is 17.4. The van der Waals surface area contributed by atoms with Crippen molar-refractivity contribution in [3.63, 3.8) is 0 Å². The topological polar surface area (TPSA) is 59.0 Å². The van der Waals surface area contributed by atoms with E-state index in [1.165, 1.54) is 11.3 Å². The Morgan fingerprint density at radius 1 is 1.36 bits per heavy atom. The lowest BCUT2D eigenvalue weighted by Crippen LogP contribution is -2.51. The van der Waals surface area contributed by atoms with Crippen molar-refractivity contribution in [1.29, 1.82) is 0 Å². The van der Waals surface area contributed by atoms with Crippen molar-refractivity contribution in [1.82, 2.24) is 20.4 Å². The van der Waals surface area contributed by atoms with Gasteiger partial charge in [0.15, 0.2) is 0 Å². The Morgan fingerprint density at radius 3 is 2.92 bits per heavy atom. The van der Waals surface area contributed by atoms with Gasteiger partial charge in [0.2, 0.25) is 0 Å². The summed E-state index contributed by atoms with van der Waals surface area (Å²) in [4.78, 5) is 14.5. The van der Waals surface area contributed by atoms with E-state index in [0.29, 0.717) is 6.04 Å². The lowest BCUT2D eigenvalue weighted by Gasteiger charge is -2.30. The zero-order valence-corrected chi connectivity index (χ0v) is 15.3. The van der Waals surface area contributed by atoms with E-state index in [1.54, 1.807) is 0 Å². The number of amides is 1. The SMILES string of the molecule is Cc1nn(-c2ccccc2)c2sc(C(=O)NC3CCCNC3C)cc12. The van der Waals surface area contributed by atoms with Crippen LogP contribution in [-0.4, -0.2) is 34.3 Å². The Hall–Kier alpha value is -2.18. The Kier molecular flexibility index (Phi) is 4.31. The van der Waals surface area contributed by atoms with Crippen molar-refractivity contribution in [3.8, 4) is 5.69 Å². The summed E-state index contributed by atoms with van der Waals surface area (Å²) in [5.41, 5.74) is 1.96. The number of hydrogen-bond acceptors (Lipinski definition) is 4. The summed E-state index contributed by atoms with van der Waals surface area (Å²) in [6, 6.07) is 12.5. The van der Waals surface area contributed by atoms with Gasteiger partial charge in [-0.05, 0) is 51.4 Å². The summed E-state index contributed by atoms with van der Waals surface area (Å²) in [7, 11) is 0. The molecule has 130 valence electrons. The minimum atomic E-state index is 0.0146. The zero-order valence-electron chi connectivity index (χ0n) is 14.5. The summed E-state index contributed by atoms with van der Waals surface area (Å²) in [5, 5.41) is 12.3. The van der Waals surface area contributed by atoms with Crippen LogP contribution in [0.2, 0.25) is 0 Å². The van der Waals surface area contributed by atoms with E-state index in [2.05, 4.69) is 22.7 Å². The molecule has 2 unspecified atom stereocenters. The van der Waals surface area contributed by atoms with E-state index in [-0.39, 0.29) is 11.9 Å². The fourth-order valence-corrected chi connectivity index (χ4v) is 4.47. The number of rotatable bonds is 3. The Balaban J connectivity index is 1.64. The van der Waals surface area contributed by atoms with E-state index in [9.17, 15) is 4.79 Å². The molecule has 0 aliphatic carbocycles. The normalized spacial score (nSPS) is 20.7. The highest BCUT2D eigenvalue weighted by atomic mass is 32.1. The average Bonchev–Trinajstić information content (AvgIpc) is 3.19. The number of nitrogens with one attached hydrogen (secondary N) is 2. The fraction of sp³-hybridized carbons (Fsp3) is 0.368. The molecule has 6 heteroatoms. The molecule has 2 aromatic heterocycles. The molecule has 3 heterocycles. The molecule has 3 aromatic rings. The van der Waals surface area contributed by atoms with Gasteiger partial charge in [0, 0.05) is 17.5 Å². The minimum Gasteiger partial charge on any atom is -0.347 e. The van der Waals surface area contributed by atoms with Crippen LogP contribution < -0.4 is 10.6 Å². The molecular weight excluding hydrogens is 332 g/mol. The van der Waals surface area contributed by atoms with Crippen LogP contribution in [0.4, 0.5) is 0 Å². The third kappa shape index (κ3) is 3.07. The number of piperidine rings is 1. The van der Waals surface area contributed by atoms with Gasteiger partial charge >= 0.3 is 0 Å². The summed E-state index contributed by atoms with van der Waals surface area (Å²) in [5.74, 6) is 0.0146. The van der Waals surface area contributed by atoms with Gasteiger partial charge in [0.1, 0.15) is 4.83 Å². The van der Waals surface area contributed by atoms with Crippen LogP contribution >= 0.6 is 11.3 Å². The lowest BCUT2D eigenvalue weighted by atomic mass is 10.00.